The Morgan fingerprint density at radius 3 is 2.60 bits per heavy atom. The average Bonchev–Trinajstić information content (AvgIpc) is 2.69. The van der Waals surface area contributed by atoms with E-state index in [-0.39, 0.29) is 0 Å². The van der Waals surface area contributed by atoms with E-state index in [0.717, 1.165) is 25.7 Å². The van der Waals surface area contributed by atoms with Gasteiger partial charge >= 0.3 is 5.97 Å². The number of hydrogen-bond acceptors (Lipinski definition) is 5. The molecule has 0 radical (unpaired) electrons. The number of rotatable bonds is 0. The highest BCUT2D eigenvalue weighted by molar-refractivity contribution is 5.78. The molecule has 3 atom stereocenters. The van der Waals surface area contributed by atoms with Crippen molar-refractivity contribution in [3.63, 3.8) is 0 Å². The summed E-state index contributed by atoms with van der Waals surface area (Å²) in [5, 5.41) is 9.44. The maximum absolute atomic E-state index is 11.3. The van der Waals surface area contributed by atoms with Gasteiger partial charge in [-0.15, -0.1) is 0 Å². The molecule has 3 rings (SSSR count). The number of esters is 1. The van der Waals surface area contributed by atoms with Crippen LogP contribution in [0, 0.1) is 0 Å². The fourth-order valence-electron chi connectivity index (χ4n) is 2.61. The lowest BCUT2D eigenvalue weighted by molar-refractivity contribution is -0.233. The molecule has 0 aromatic carbocycles. The first kappa shape index (κ1) is 9.57. The number of ether oxygens (including phenoxy) is 3. The summed E-state index contributed by atoms with van der Waals surface area (Å²) >= 11 is 0. The van der Waals surface area contributed by atoms with Crippen molar-refractivity contribution in [3.8, 4) is 0 Å². The first-order chi connectivity index (χ1) is 7.20. The van der Waals surface area contributed by atoms with Gasteiger partial charge in [-0.1, -0.05) is 6.42 Å². The molecule has 2 saturated heterocycles. The maximum atomic E-state index is 11.3. The number of cyclic esters (lactones) is 1. The zero-order valence-corrected chi connectivity index (χ0v) is 8.35. The van der Waals surface area contributed by atoms with E-state index in [4.69, 9.17) is 9.47 Å². The normalized spacial score (nSPS) is 43.0. The molecule has 0 aromatic heterocycles. The van der Waals surface area contributed by atoms with Crippen molar-refractivity contribution in [2.75, 3.05) is 0 Å². The van der Waals surface area contributed by atoms with Gasteiger partial charge in [0.2, 0.25) is 6.29 Å². The summed E-state index contributed by atoms with van der Waals surface area (Å²) in [6, 6.07) is 0. The third kappa shape index (κ3) is 1.38. The minimum atomic E-state index is -1.16. The zero-order valence-electron chi connectivity index (χ0n) is 8.35. The predicted molar refractivity (Wildman–Crippen MR) is 47.7 cm³/mol. The third-order valence-electron chi connectivity index (χ3n) is 3.36. The maximum Gasteiger partial charge on any atom is 0.340 e. The third-order valence-corrected chi connectivity index (χ3v) is 3.36. The van der Waals surface area contributed by atoms with Crippen LogP contribution in [0.1, 0.15) is 32.1 Å². The van der Waals surface area contributed by atoms with Crippen molar-refractivity contribution >= 4 is 5.97 Å². The van der Waals surface area contributed by atoms with Gasteiger partial charge in [0.25, 0.3) is 0 Å². The molecule has 0 bridgehead atoms. The van der Waals surface area contributed by atoms with Gasteiger partial charge in [-0.2, -0.15) is 0 Å². The van der Waals surface area contributed by atoms with E-state index in [2.05, 4.69) is 4.74 Å². The van der Waals surface area contributed by atoms with Gasteiger partial charge in [0, 0.05) is 12.8 Å². The molecule has 1 saturated carbocycles. The van der Waals surface area contributed by atoms with Gasteiger partial charge in [-0.25, -0.2) is 4.79 Å². The molecular weight excluding hydrogens is 200 g/mol. The highest BCUT2D eigenvalue weighted by atomic mass is 16.8. The van der Waals surface area contributed by atoms with Crippen molar-refractivity contribution in [1.29, 1.82) is 0 Å². The summed E-state index contributed by atoms with van der Waals surface area (Å²) in [7, 11) is 0. The predicted octanol–water partition coefficient (Wildman–Crippen LogP) is 0.306. The van der Waals surface area contributed by atoms with Crippen molar-refractivity contribution < 1.29 is 24.1 Å². The number of hydrogen-bond donors (Lipinski definition) is 1. The fourth-order valence-corrected chi connectivity index (χ4v) is 2.61. The van der Waals surface area contributed by atoms with Crippen LogP contribution in [0.3, 0.4) is 0 Å². The van der Waals surface area contributed by atoms with Gasteiger partial charge in [0.05, 0.1) is 0 Å². The van der Waals surface area contributed by atoms with E-state index >= 15 is 0 Å². The first-order valence-corrected chi connectivity index (χ1v) is 5.44. The Hall–Kier alpha value is -0.650. The van der Waals surface area contributed by atoms with Crippen molar-refractivity contribution in [1.82, 2.24) is 0 Å². The molecule has 0 aromatic rings. The smallest absolute Gasteiger partial charge is 0.340 e. The van der Waals surface area contributed by atoms with Crippen LogP contribution in [0.4, 0.5) is 0 Å². The van der Waals surface area contributed by atoms with Crippen LogP contribution in [0.2, 0.25) is 0 Å². The van der Waals surface area contributed by atoms with Gasteiger partial charge in [0.15, 0.2) is 18.0 Å². The van der Waals surface area contributed by atoms with Crippen LogP contribution in [-0.2, 0) is 19.0 Å². The summed E-state index contributed by atoms with van der Waals surface area (Å²) in [5.41, 5.74) is 0. The number of fused-ring (bicyclic) bond motifs is 1. The van der Waals surface area contributed by atoms with E-state index in [9.17, 15) is 9.90 Å². The van der Waals surface area contributed by atoms with E-state index in [1.807, 2.05) is 0 Å². The van der Waals surface area contributed by atoms with Crippen molar-refractivity contribution in [2.45, 2.75) is 56.4 Å². The molecule has 84 valence electrons. The SMILES string of the molecule is O=C1OC(O)C2OC3(CCCCC3)OC12. The van der Waals surface area contributed by atoms with E-state index in [1.54, 1.807) is 0 Å². The van der Waals surface area contributed by atoms with E-state index < -0.39 is 30.3 Å². The average molecular weight is 214 g/mol. The number of carbonyl (C=O) groups is 1. The van der Waals surface area contributed by atoms with Crippen LogP contribution in [0.15, 0.2) is 0 Å². The number of carbonyl (C=O) groups excluding carboxylic acids is 1. The van der Waals surface area contributed by atoms with Gasteiger partial charge < -0.3 is 19.3 Å². The second-order valence-corrected chi connectivity index (χ2v) is 4.42. The molecule has 1 spiro atoms. The Balaban J connectivity index is 1.79. The molecule has 3 unspecified atom stereocenters. The quantitative estimate of drug-likeness (QED) is 0.588. The van der Waals surface area contributed by atoms with Crippen LogP contribution < -0.4 is 0 Å². The van der Waals surface area contributed by atoms with Crippen LogP contribution in [0.25, 0.3) is 0 Å². The molecule has 1 N–H and O–H groups in total. The van der Waals surface area contributed by atoms with E-state index in [0.29, 0.717) is 0 Å². The second kappa shape index (κ2) is 3.17. The summed E-state index contributed by atoms with van der Waals surface area (Å²) in [4.78, 5) is 11.3. The van der Waals surface area contributed by atoms with Crippen LogP contribution >= 0.6 is 0 Å². The fraction of sp³-hybridized carbons (Fsp3) is 0.900. The molecule has 5 nitrogen and oxygen atoms in total. The molecule has 1 aliphatic carbocycles. The lowest BCUT2D eigenvalue weighted by atomic mass is 9.94. The second-order valence-electron chi connectivity index (χ2n) is 4.42. The molecule has 3 fully saturated rings. The Kier molecular flexibility index (Phi) is 2.02. The lowest BCUT2D eigenvalue weighted by Crippen LogP contribution is -2.36. The molecule has 2 heterocycles. The number of aliphatic hydroxyl groups is 1. The van der Waals surface area contributed by atoms with Crippen molar-refractivity contribution in [2.24, 2.45) is 0 Å². The highest BCUT2D eigenvalue weighted by Crippen LogP contribution is 2.43. The van der Waals surface area contributed by atoms with Crippen LogP contribution in [-0.4, -0.2) is 35.4 Å². The van der Waals surface area contributed by atoms with Crippen molar-refractivity contribution in [3.05, 3.63) is 0 Å². The summed E-state index contributed by atoms with van der Waals surface area (Å²) in [6.07, 6.45) is 2.36. The standard InChI is InChI=1S/C10H14O5/c11-8-6-7(9(12)13-8)15-10(14-6)4-2-1-3-5-10/h6-8,11H,1-5H2. The monoisotopic (exact) mass is 214 g/mol. The molecule has 15 heavy (non-hydrogen) atoms. The minimum Gasteiger partial charge on any atom is -0.431 e. The van der Waals surface area contributed by atoms with Gasteiger partial charge in [-0.05, 0) is 12.8 Å². The lowest BCUT2D eigenvalue weighted by Gasteiger charge is -2.32. The summed E-state index contributed by atoms with van der Waals surface area (Å²) in [5.74, 6) is -1.14. The van der Waals surface area contributed by atoms with Crippen LogP contribution in [0.5, 0.6) is 0 Å². The molecule has 5 heteroatoms. The minimum absolute atomic E-state index is 0.505. The molecule has 2 aliphatic heterocycles. The van der Waals surface area contributed by atoms with E-state index in [1.165, 1.54) is 6.42 Å². The van der Waals surface area contributed by atoms with Gasteiger partial charge in [0.1, 0.15) is 0 Å². The Bertz CT molecular complexity index is 284. The Morgan fingerprint density at radius 2 is 1.93 bits per heavy atom. The Morgan fingerprint density at radius 1 is 1.20 bits per heavy atom. The molecule has 0 amide bonds. The first-order valence-electron chi connectivity index (χ1n) is 5.44. The summed E-state index contributed by atoms with van der Waals surface area (Å²) in [6.45, 7) is 0. The highest BCUT2D eigenvalue weighted by Gasteiger charge is 2.58. The van der Waals surface area contributed by atoms with Gasteiger partial charge in [-0.3, -0.25) is 0 Å². The molecular formula is C10H14O5. The number of aliphatic hydroxyl groups excluding tert-OH is 1. The topological polar surface area (TPSA) is 65.0 Å². The Labute approximate surface area is 87.3 Å². The largest absolute Gasteiger partial charge is 0.431 e. The summed E-state index contributed by atoms with van der Waals surface area (Å²) < 4.78 is 15.9. The zero-order chi connectivity index (χ0) is 10.5. The molecule has 3 aliphatic rings.